The number of nitrogens with zero attached hydrogens (tertiary/aromatic N) is 2. The van der Waals surface area contributed by atoms with Gasteiger partial charge in [0, 0.05) is 25.1 Å². The minimum Gasteiger partial charge on any atom is -0.469 e. The van der Waals surface area contributed by atoms with Crippen LogP contribution < -0.4 is 5.32 Å². The standard InChI is InChI=1S/C28H34FN3O5/c1-19-8-5-6-9-23(19)30-28-31-24-12-11-20(14-25(24)37-28)15-26(33)32-17-21(29)16-22(32)18-36-13-7-3-4-10-27(34)35-2/h5-6,8-9,11-12,14,21-22H,3-4,7,10,13,15-18H2,1-2H3,(H,30,31)/t21-,22?/m0/s1. The Morgan fingerprint density at radius 1 is 1.19 bits per heavy atom. The number of anilines is 2. The highest BCUT2D eigenvalue weighted by molar-refractivity contribution is 5.82. The molecular weight excluding hydrogens is 477 g/mol. The first-order valence-electron chi connectivity index (χ1n) is 12.7. The minimum atomic E-state index is -1.05. The number of carbonyl (C=O) groups is 2. The van der Waals surface area contributed by atoms with E-state index in [1.54, 1.807) is 4.90 Å². The van der Waals surface area contributed by atoms with Crippen molar-refractivity contribution >= 4 is 34.7 Å². The second-order valence-corrected chi connectivity index (χ2v) is 9.43. The molecule has 1 aliphatic heterocycles. The van der Waals surface area contributed by atoms with Gasteiger partial charge in [-0.2, -0.15) is 4.98 Å². The van der Waals surface area contributed by atoms with Crippen LogP contribution >= 0.6 is 0 Å². The number of ether oxygens (including phenoxy) is 2. The van der Waals surface area contributed by atoms with E-state index in [-0.39, 0.29) is 37.3 Å². The summed E-state index contributed by atoms with van der Waals surface area (Å²) in [5.74, 6) is -0.346. The number of amides is 1. The predicted octanol–water partition coefficient (Wildman–Crippen LogP) is 5.11. The molecule has 4 rings (SSSR count). The molecule has 1 unspecified atom stereocenters. The lowest BCUT2D eigenvalue weighted by atomic mass is 10.1. The molecule has 0 bridgehead atoms. The molecule has 0 saturated carbocycles. The molecule has 8 nitrogen and oxygen atoms in total. The Balaban J connectivity index is 1.29. The normalized spacial score (nSPS) is 17.3. The number of para-hydroxylation sites is 1. The SMILES string of the molecule is COC(=O)CCCCCOCC1C[C@H](F)CN1C(=O)Cc1ccc2nc(Nc3ccccc3C)oc2c1. The van der Waals surface area contributed by atoms with E-state index >= 15 is 0 Å². The van der Waals surface area contributed by atoms with Gasteiger partial charge < -0.3 is 24.1 Å². The van der Waals surface area contributed by atoms with Crippen LogP contribution in [0.3, 0.4) is 0 Å². The zero-order valence-corrected chi connectivity index (χ0v) is 21.4. The van der Waals surface area contributed by atoms with Crippen molar-refractivity contribution in [3.05, 3.63) is 53.6 Å². The van der Waals surface area contributed by atoms with Crippen molar-refractivity contribution in [1.82, 2.24) is 9.88 Å². The van der Waals surface area contributed by atoms with E-state index in [0.717, 1.165) is 36.1 Å². The average molecular weight is 512 g/mol. The number of hydrogen-bond acceptors (Lipinski definition) is 7. The largest absolute Gasteiger partial charge is 0.469 e. The summed E-state index contributed by atoms with van der Waals surface area (Å²) in [6.45, 7) is 2.90. The van der Waals surface area contributed by atoms with Gasteiger partial charge in [-0.25, -0.2) is 4.39 Å². The zero-order valence-electron chi connectivity index (χ0n) is 21.4. The molecular formula is C28H34FN3O5. The van der Waals surface area contributed by atoms with Gasteiger partial charge in [-0.1, -0.05) is 30.7 Å². The Kier molecular flexibility index (Phi) is 9.11. The van der Waals surface area contributed by atoms with Crippen LogP contribution in [-0.2, 0) is 25.5 Å². The van der Waals surface area contributed by atoms with E-state index in [1.165, 1.54) is 7.11 Å². The fourth-order valence-corrected chi connectivity index (χ4v) is 4.53. The van der Waals surface area contributed by atoms with Crippen molar-refractivity contribution in [3.8, 4) is 0 Å². The molecule has 3 aromatic rings. The highest BCUT2D eigenvalue weighted by Gasteiger charge is 2.35. The van der Waals surface area contributed by atoms with E-state index in [9.17, 15) is 14.0 Å². The smallest absolute Gasteiger partial charge is 0.305 e. The zero-order chi connectivity index (χ0) is 26.2. The number of methoxy groups -OCH3 is 1. The number of fused-ring (bicyclic) bond motifs is 1. The molecule has 2 aromatic carbocycles. The first-order valence-corrected chi connectivity index (χ1v) is 12.7. The number of likely N-dealkylation sites (tertiary alicyclic amines) is 1. The molecule has 37 heavy (non-hydrogen) atoms. The summed E-state index contributed by atoms with van der Waals surface area (Å²) in [5.41, 5.74) is 4.04. The molecule has 1 N–H and O–H groups in total. The maximum Gasteiger partial charge on any atom is 0.305 e. The molecule has 9 heteroatoms. The number of rotatable bonds is 12. The third-order valence-electron chi connectivity index (χ3n) is 6.59. The molecule has 1 aromatic heterocycles. The topological polar surface area (TPSA) is 93.9 Å². The molecule has 198 valence electrons. The third kappa shape index (κ3) is 7.29. The summed E-state index contributed by atoms with van der Waals surface area (Å²) in [7, 11) is 1.38. The van der Waals surface area contributed by atoms with Gasteiger partial charge in [-0.05, 0) is 49.1 Å². The minimum absolute atomic E-state index is 0.0844. The number of nitrogens with one attached hydrogen (secondary N) is 1. The van der Waals surface area contributed by atoms with Crippen LogP contribution in [0.5, 0.6) is 0 Å². The summed E-state index contributed by atoms with van der Waals surface area (Å²) in [5, 5.41) is 3.19. The van der Waals surface area contributed by atoms with Crippen LogP contribution in [0, 0.1) is 6.92 Å². The highest BCUT2D eigenvalue weighted by Crippen LogP contribution is 2.26. The van der Waals surface area contributed by atoms with Crippen LogP contribution in [0.1, 0.15) is 43.2 Å². The van der Waals surface area contributed by atoms with E-state index in [0.29, 0.717) is 36.7 Å². The van der Waals surface area contributed by atoms with Crippen LogP contribution in [0.15, 0.2) is 46.9 Å². The second-order valence-electron chi connectivity index (χ2n) is 9.43. The van der Waals surface area contributed by atoms with Crippen LogP contribution in [0.25, 0.3) is 11.1 Å². The number of alkyl halides is 1. The number of aromatic nitrogens is 1. The van der Waals surface area contributed by atoms with E-state index < -0.39 is 6.17 Å². The quantitative estimate of drug-likeness (QED) is 0.267. The van der Waals surface area contributed by atoms with E-state index in [4.69, 9.17) is 9.15 Å². The molecule has 2 atom stereocenters. The van der Waals surface area contributed by atoms with Gasteiger partial charge in [-0.15, -0.1) is 0 Å². The number of benzene rings is 2. The van der Waals surface area contributed by atoms with Crippen LogP contribution in [-0.4, -0.2) is 60.8 Å². The lowest BCUT2D eigenvalue weighted by molar-refractivity contribution is -0.140. The van der Waals surface area contributed by atoms with Gasteiger partial charge in [0.2, 0.25) is 5.91 Å². The van der Waals surface area contributed by atoms with Crippen molar-refractivity contribution in [3.63, 3.8) is 0 Å². The van der Waals surface area contributed by atoms with Gasteiger partial charge in [0.1, 0.15) is 11.7 Å². The molecule has 0 spiro atoms. The third-order valence-corrected chi connectivity index (χ3v) is 6.59. The summed E-state index contributed by atoms with van der Waals surface area (Å²) in [6.07, 6.45) is 2.17. The molecule has 1 saturated heterocycles. The van der Waals surface area contributed by atoms with Crippen molar-refractivity contribution in [2.75, 3.05) is 32.2 Å². The lowest BCUT2D eigenvalue weighted by Crippen LogP contribution is -2.39. The molecule has 0 aliphatic carbocycles. The van der Waals surface area contributed by atoms with Gasteiger partial charge in [0.05, 0.1) is 32.7 Å². The van der Waals surface area contributed by atoms with Crippen molar-refractivity contribution in [2.45, 2.75) is 57.7 Å². The predicted molar refractivity (Wildman–Crippen MR) is 138 cm³/mol. The van der Waals surface area contributed by atoms with Crippen molar-refractivity contribution in [1.29, 1.82) is 0 Å². The molecule has 1 amide bonds. The van der Waals surface area contributed by atoms with Gasteiger partial charge in [-0.3, -0.25) is 9.59 Å². The fourth-order valence-electron chi connectivity index (χ4n) is 4.53. The van der Waals surface area contributed by atoms with E-state index in [2.05, 4.69) is 15.0 Å². The average Bonchev–Trinajstić information content (AvgIpc) is 3.46. The van der Waals surface area contributed by atoms with Crippen LogP contribution in [0.4, 0.5) is 16.1 Å². The number of oxazole rings is 1. The molecule has 2 heterocycles. The van der Waals surface area contributed by atoms with Crippen molar-refractivity contribution in [2.24, 2.45) is 0 Å². The maximum atomic E-state index is 14.2. The second kappa shape index (κ2) is 12.7. The fraction of sp³-hybridized carbons (Fsp3) is 0.464. The molecule has 0 radical (unpaired) electrons. The number of hydrogen-bond donors (Lipinski definition) is 1. The first-order chi connectivity index (χ1) is 17.9. The van der Waals surface area contributed by atoms with Crippen LogP contribution in [0.2, 0.25) is 0 Å². The monoisotopic (exact) mass is 511 g/mol. The lowest BCUT2D eigenvalue weighted by Gasteiger charge is -2.24. The molecule has 1 aliphatic rings. The van der Waals surface area contributed by atoms with Gasteiger partial charge in [0.25, 0.3) is 6.01 Å². The number of carbonyl (C=O) groups excluding carboxylic acids is 2. The Bertz CT molecular complexity index is 1210. The highest BCUT2D eigenvalue weighted by atomic mass is 19.1. The summed E-state index contributed by atoms with van der Waals surface area (Å²) in [6, 6.07) is 13.4. The number of esters is 1. The number of unbranched alkanes of at least 4 members (excludes halogenated alkanes) is 2. The number of aryl methyl sites for hydroxylation is 1. The Morgan fingerprint density at radius 2 is 2.03 bits per heavy atom. The van der Waals surface area contributed by atoms with Gasteiger partial charge >= 0.3 is 5.97 Å². The van der Waals surface area contributed by atoms with E-state index in [1.807, 2.05) is 49.4 Å². The summed E-state index contributed by atoms with van der Waals surface area (Å²) >= 11 is 0. The Labute approximate surface area is 216 Å². The van der Waals surface area contributed by atoms with Crippen molar-refractivity contribution < 1.29 is 27.9 Å². The first kappa shape index (κ1) is 26.6. The maximum absolute atomic E-state index is 14.2. The Morgan fingerprint density at radius 3 is 2.84 bits per heavy atom. The Hall–Kier alpha value is -3.46. The summed E-state index contributed by atoms with van der Waals surface area (Å²) in [4.78, 5) is 30.3. The number of halogens is 1. The molecule has 1 fully saturated rings. The van der Waals surface area contributed by atoms with Gasteiger partial charge in [0.15, 0.2) is 5.58 Å². The summed E-state index contributed by atoms with van der Waals surface area (Å²) < 4.78 is 30.4.